The van der Waals surface area contributed by atoms with Crippen molar-refractivity contribution < 1.29 is 0 Å². The van der Waals surface area contributed by atoms with E-state index in [2.05, 4.69) is 15.5 Å². The van der Waals surface area contributed by atoms with Gasteiger partial charge >= 0.3 is 0 Å². The molecule has 0 bridgehead atoms. The fraction of sp³-hybridized carbons (Fsp3) is 0.167. The third-order valence-electron chi connectivity index (χ3n) is 2.54. The van der Waals surface area contributed by atoms with E-state index >= 15 is 0 Å². The van der Waals surface area contributed by atoms with E-state index in [1.165, 1.54) is 6.20 Å². The largest absolute Gasteiger partial charge is 0.376 e. The summed E-state index contributed by atoms with van der Waals surface area (Å²) in [5.74, 6) is 0. The van der Waals surface area contributed by atoms with Gasteiger partial charge in [-0.3, -0.25) is 4.79 Å². The highest BCUT2D eigenvalue weighted by atomic mass is 35.5. The summed E-state index contributed by atoms with van der Waals surface area (Å²) in [6, 6.07) is 7.44. The van der Waals surface area contributed by atoms with Gasteiger partial charge in [0.15, 0.2) is 0 Å². The van der Waals surface area contributed by atoms with Crippen molar-refractivity contribution in [1.29, 1.82) is 0 Å². The Morgan fingerprint density at radius 3 is 2.61 bits per heavy atom. The molecule has 1 aromatic heterocycles. The molecule has 0 fully saturated rings. The van der Waals surface area contributed by atoms with Crippen molar-refractivity contribution in [2.24, 2.45) is 0 Å². The Balaban J connectivity index is 2.21. The Hall–Kier alpha value is -1.52. The van der Waals surface area contributed by atoms with Crippen LogP contribution in [0.3, 0.4) is 0 Å². The third-order valence-corrected chi connectivity index (χ3v) is 3.16. The Morgan fingerprint density at radius 1 is 1.28 bits per heavy atom. The van der Waals surface area contributed by atoms with Crippen LogP contribution in [-0.2, 0) is 0 Å². The van der Waals surface area contributed by atoms with E-state index < -0.39 is 5.56 Å². The van der Waals surface area contributed by atoms with Crippen LogP contribution < -0.4 is 10.9 Å². The molecule has 1 unspecified atom stereocenters. The molecule has 1 heterocycles. The zero-order valence-electron chi connectivity index (χ0n) is 9.58. The van der Waals surface area contributed by atoms with Gasteiger partial charge in [-0.1, -0.05) is 35.3 Å². The van der Waals surface area contributed by atoms with Gasteiger partial charge in [0.05, 0.1) is 11.9 Å². The molecule has 4 nitrogen and oxygen atoms in total. The lowest BCUT2D eigenvalue weighted by Crippen LogP contribution is -2.14. The molecular weight excluding hydrogens is 273 g/mol. The topological polar surface area (TPSA) is 57.8 Å². The van der Waals surface area contributed by atoms with Crippen LogP contribution in [-0.4, -0.2) is 10.2 Å². The van der Waals surface area contributed by atoms with Gasteiger partial charge in [-0.05, 0) is 24.6 Å². The van der Waals surface area contributed by atoms with Gasteiger partial charge in [0.2, 0.25) is 0 Å². The average Bonchev–Trinajstić information content (AvgIpc) is 2.36. The molecule has 0 spiro atoms. The third kappa shape index (κ3) is 2.83. The van der Waals surface area contributed by atoms with Gasteiger partial charge in [0.25, 0.3) is 5.56 Å². The molecule has 0 aliphatic rings. The summed E-state index contributed by atoms with van der Waals surface area (Å²) in [6.45, 7) is 1.96. The highest BCUT2D eigenvalue weighted by molar-refractivity contribution is 6.32. The number of rotatable bonds is 3. The van der Waals surface area contributed by atoms with E-state index in [9.17, 15) is 4.79 Å². The molecular formula is C12H11Cl2N3O. The maximum atomic E-state index is 11.3. The Bertz CT molecular complexity index is 595. The van der Waals surface area contributed by atoms with Gasteiger partial charge in [0, 0.05) is 11.1 Å². The quantitative estimate of drug-likeness (QED) is 0.909. The summed E-state index contributed by atoms with van der Waals surface area (Å²) in [5, 5.41) is 9.88. The van der Waals surface area contributed by atoms with Crippen LogP contribution in [0.4, 0.5) is 5.69 Å². The van der Waals surface area contributed by atoms with E-state index in [1.54, 1.807) is 0 Å². The van der Waals surface area contributed by atoms with Crippen LogP contribution in [0.15, 0.2) is 35.3 Å². The molecule has 94 valence electrons. The minimum absolute atomic E-state index is 0.0108. The predicted molar refractivity (Wildman–Crippen MR) is 73.4 cm³/mol. The molecule has 0 amide bonds. The molecule has 2 rings (SSSR count). The Morgan fingerprint density at radius 2 is 1.94 bits per heavy atom. The van der Waals surface area contributed by atoms with Gasteiger partial charge in [-0.15, -0.1) is 0 Å². The highest BCUT2D eigenvalue weighted by Crippen LogP contribution is 2.23. The van der Waals surface area contributed by atoms with Gasteiger partial charge in [-0.2, -0.15) is 5.10 Å². The number of nitrogens with one attached hydrogen (secondary N) is 2. The number of benzene rings is 1. The minimum Gasteiger partial charge on any atom is -0.376 e. The van der Waals surface area contributed by atoms with Crippen molar-refractivity contribution in [1.82, 2.24) is 10.2 Å². The molecule has 0 saturated heterocycles. The van der Waals surface area contributed by atoms with Crippen molar-refractivity contribution in [3.05, 3.63) is 56.4 Å². The first-order chi connectivity index (χ1) is 8.58. The van der Waals surface area contributed by atoms with E-state index in [-0.39, 0.29) is 11.1 Å². The first kappa shape index (κ1) is 12.9. The molecule has 0 aliphatic heterocycles. The van der Waals surface area contributed by atoms with E-state index in [0.717, 1.165) is 5.56 Å². The van der Waals surface area contributed by atoms with Crippen LogP contribution in [0.2, 0.25) is 10.0 Å². The molecule has 18 heavy (non-hydrogen) atoms. The van der Waals surface area contributed by atoms with Crippen molar-refractivity contribution >= 4 is 28.9 Å². The summed E-state index contributed by atoms with van der Waals surface area (Å²) >= 11 is 11.7. The number of hydrogen-bond donors (Lipinski definition) is 2. The molecule has 2 N–H and O–H groups in total. The lowest BCUT2D eigenvalue weighted by molar-refractivity contribution is 0.875. The van der Waals surface area contributed by atoms with Crippen molar-refractivity contribution in [3.8, 4) is 0 Å². The summed E-state index contributed by atoms with van der Waals surface area (Å²) < 4.78 is 0. The van der Waals surface area contributed by atoms with Gasteiger partial charge < -0.3 is 5.32 Å². The maximum Gasteiger partial charge on any atom is 0.285 e. The predicted octanol–water partition coefficient (Wildman–Crippen LogP) is 3.25. The normalized spacial score (nSPS) is 12.2. The second kappa shape index (κ2) is 5.42. The number of aromatic amines is 1. The smallest absolute Gasteiger partial charge is 0.285 e. The van der Waals surface area contributed by atoms with Crippen LogP contribution in [0.1, 0.15) is 18.5 Å². The van der Waals surface area contributed by atoms with Crippen LogP contribution >= 0.6 is 23.2 Å². The van der Waals surface area contributed by atoms with Gasteiger partial charge in [-0.25, -0.2) is 5.10 Å². The summed E-state index contributed by atoms with van der Waals surface area (Å²) in [6.07, 6.45) is 1.48. The van der Waals surface area contributed by atoms with E-state index in [4.69, 9.17) is 23.2 Å². The van der Waals surface area contributed by atoms with Gasteiger partial charge in [0.1, 0.15) is 5.02 Å². The molecule has 6 heteroatoms. The molecule has 0 aliphatic carbocycles. The number of nitrogens with zero attached hydrogens (tertiary/aromatic N) is 1. The lowest BCUT2D eigenvalue weighted by atomic mass is 10.1. The Labute approximate surface area is 114 Å². The Kier molecular flexibility index (Phi) is 3.89. The zero-order valence-corrected chi connectivity index (χ0v) is 11.1. The fourth-order valence-electron chi connectivity index (χ4n) is 1.55. The molecule has 1 atom stereocenters. The monoisotopic (exact) mass is 283 g/mol. The van der Waals surface area contributed by atoms with Crippen molar-refractivity contribution in [2.45, 2.75) is 13.0 Å². The first-order valence-corrected chi connectivity index (χ1v) is 6.08. The second-order valence-corrected chi connectivity index (χ2v) is 4.66. The second-order valence-electron chi connectivity index (χ2n) is 3.84. The standard InChI is InChI=1S/C12H11Cl2N3O/c1-7(8-2-4-9(13)5-3-8)16-10-6-15-17-12(18)11(10)14/h2-7H,1H3,(H2,16,17,18). The summed E-state index contributed by atoms with van der Waals surface area (Å²) in [4.78, 5) is 11.3. The molecule has 1 aromatic carbocycles. The van der Waals surface area contributed by atoms with E-state index in [1.807, 2.05) is 31.2 Å². The lowest BCUT2D eigenvalue weighted by Gasteiger charge is -2.15. The average molecular weight is 284 g/mol. The highest BCUT2D eigenvalue weighted by Gasteiger charge is 2.09. The number of aromatic nitrogens is 2. The SMILES string of the molecule is CC(Nc1cn[nH]c(=O)c1Cl)c1ccc(Cl)cc1. The number of hydrogen-bond acceptors (Lipinski definition) is 3. The first-order valence-electron chi connectivity index (χ1n) is 5.33. The zero-order chi connectivity index (χ0) is 13.1. The van der Waals surface area contributed by atoms with Crippen LogP contribution in [0.25, 0.3) is 0 Å². The minimum atomic E-state index is -0.412. The number of halogens is 2. The number of H-pyrrole nitrogens is 1. The van der Waals surface area contributed by atoms with E-state index in [0.29, 0.717) is 10.7 Å². The van der Waals surface area contributed by atoms with Crippen LogP contribution in [0.5, 0.6) is 0 Å². The maximum absolute atomic E-state index is 11.3. The molecule has 2 aromatic rings. The molecule has 0 saturated carbocycles. The number of anilines is 1. The van der Waals surface area contributed by atoms with Crippen molar-refractivity contribution in [2.75, 3.05) is 5.32 Å². The molecule has 0 radical (unpaired) electrons. The van der Waals surface area contributed by atoms with Crippen LogP contribution in [0, 0.1) is 0 Å². The van der Waals surface area contributed by atoms with Crippen molar-refractivity contribution in [3.63, 3.8) is 0 Å². The summed E-state index contributed by atoms with van der Waals surface area (Å²) in [7, 11) is 0. The summed E-state index contributed by atoms with van der Waals surface area (Å²) in [5.41, 5.74) is 1.13. The fourth-order valence-corrected chi connectivity index (χ4v) is 1.82.